The highest BCUT2D eigenvalue weighted by Crippen LogP contribution is 2.23. The molecule has 24 heavy (non-hydrogen) atoms. The number of aromatic nitrogens is 2. The van der Waals surface area contributed by atoms with Crippen LogP contribution < -0.4 is 5.32 Å². The molecule has 1 aromatic heterocycles. The third-order valence-electron chi connectivity index (χ3n) is 3.53. The van der Waals surface area contributed by atoms with Crippen LogP contribution in [0.1, 0.15) is 11.4 Å². The summed E-state index contributed by atoms with van der Waals surface area (Å²) in [6.07, 6.45) is 0. The summed E-state index contributed by atoms with van der Waals surface area (Å²) in [5.41, 5.74) is 3.63. The molecule has 0 aliphatic rings. The zero-order valence-corrected chi connectivity index (χ0v) is 14.5. The molecule has 0 radical (unpaired) electrons. The molecule has 0 spiro atoms. The van der Waals surface area contributed by atoms with Crippen molar-refractivity contribution in [1.82, 2.24) is 9.78 Å². The van der Waals surface area contributed by atoms with Gasteiger partial charge in [-0.2, -0.15) is 5.10 Å². The number of amides is 1. The molecule has 2 aromatic carbocycles. The molecule has 5 heteroatoms. The summed E-state index contributed by atoms with van der Waals surface area (Å²) < 4.78 is 1.86. The normalized spacial score (nSPS) is 10.6. The summed E-state index contributed by atoms with van der Waals surface area (Å²) in [6.45, 7) is 3.96. The number of benzene rings is 2. The average molecular weight is 337 g/mol. The lowest BCUT2D eigenvalue weighted by Gasteiger charge is -2.12. The number of carbonyl (C=O) groups excluding carboxylic acids is 1. The fourth-order valence-corrected chi connectivity index (χ4v) is 3.21. The SMILES string of the molecule is Cc1cc(C)n(-c2ccccc2NC(=O)CSc2ccccc2)n1. The third kappa shape index (κ3) is 3.86. The maximum absolute atomic E-state index is 12.3. The fraction of sp³-hybridized carbons (Fsp3) is 0.158. The van der Waals surface area contributed by atoms with Gasteiger partial charge in [-0.1, -0.05) is 30.3 Å². The summed E-state index contributed by atoms with van der Waals surface area (Å²) in [7, 11) is 0. The van der Waals surface area contributed by atoms with Crippen LogP contribution in [-0.2, 0) is 4.79 Å². The first-order chi connectivity index (χ1) is 11.6. The van der Waals surface area contributed by atoms with Gasteiger partial charge in [0.05, 0.1) is 22.8 Å². The van der Waals surface area contributed by atoms with Crippen molar-refractivity contribution in [3.8, 4) is 5.69 Å². The molecule has 1 N–H and O–H groups in total. The van der Waals surface area contributed by atoms with Gasteiger partial charge in [0.25, 0.3) is 0 Å². The van der Waals surface area contributed by atoms with Crippen molar-refractivity contribution in [2.75, 3.05) is 11.1 Å². The number of rotatable bonds is 5. The molecule has 122 valence electrons. The Kier molecular flexibility index (Phi) is 5.01. The number of para-hydroxylation sites is 2. The summed E-state index contributed by atoms with van der Waals surface area (Å²) in [5.74, 6) is 0.341. The van der Waals surface area contributed by atoms with Crippen LogP contribution in [0.4, 0.5) is 5.69 Å². The minimum absolute atomic E-state index is 0.0298. The van der Waals surface area contributed by atoms with Crippen molar-refractivity contribution < 1.29 is 4.79 Å². The van der Waals surface area contributed by atoms with Crippen LogP contribution in [0.3, 0.4) is 0 Å². The molecule has 3 rings (SSSR count). The topological polar surface area (TPSA) is 46.9 Å². The molecule has 1 amide bonds. The lowest BCUT2D eigenvalue weighted by atomic mass is 10.2. The largest absolute Gasteiger partial charge is 0.323 e. The Balaban J connectivity index is 1.73. The molecule has 0 bridgehead atoms. The van der Waals surface area contributed by atoms with Gasteiger partial charge in [0.2, 0.25) is 5.91 Å². The van der Waals surface area contributed by atoms with Crippen molar-refractivity contribution in [1.29, 1.82) is 0 Å². The molecule has 0 aliphatic carbocycles. The van der Waals surface area contributed by atoms with Crippen molar-refractivity contribution >= 4 is 23.4 Å². The van der Waals surface area contributed by atoms with Crippen LogP contribution in [-0.4, -0.2) is 21.4 Å². The lowest BCUT2D eigenvalue weighted by Crippen LogP contribution is -2.16. The zero-order valence-electron chi connectivity index (χ0n) is 13.7. The summed E-state index contributed by atoms with van der Waals surface area (Å²) >= 11 is 1.52. The van der Waals surface area contributed by atoms with E-state index in [-0.39, 0.29) is 5.91 Å². The van der Waals surface area contributed by atoms with E-state index < -0.39 is 0 Å². The van der Waals surface area contributed by atoms with Crippen LogP contribution in [0.15, 0.2) is 65.6 Å². The molecule has 0 atom stereocenters. The van der Waals surface area contributed by atoms with Crippen molar-refractivity contribution in [2.45, 2.75) is 18.7 Å². The Morgan fingerprint density at radius 1 is 1.08 bits per heavy atom. The van der Waals surface area contributed by atoms with Gasteiger partial charge in [0.1, 0.15) is 0 Å². The molecular formula is C19H19N3OS. The first-order valence-corrected chi connectivity index (χ1v) is 8.72. The quantitative estimate of drug-likeness (QED) is 0.709. The van der Waals surface area contributed by atoms with E-state index in [1.54, 1.807) is 0 Å². The van der Waals surface area contributed by atoms with E-state index >= 15 is 0 Å². The van der Waals surface area contributed by atoms with E-state index in [0.29, 0.717) is 5.75 Å². The van der Waals surface area contributed by atoms with Gasteiger partial charge >= 0.3 is 0 Å². The van der Waals surface area contributed by atoms with Gasteiger partial charge in [-0.25, -0.2) is 4.68 Å². The maximum atomic E-state index is 12.3. The van der Waals surface area contributed by atoms with Crippen LogP contribution in [0, 0.1) is 13.8 Å². The van der Waals surface area contributed by atoms with Gasteiger partial charge in [-0.05, 0) is 44.2 Å². The molecule has 3 aromatic rings. The Labute approximate surface area is 145 Å². The van der Waals surface area contributed by atoms with Crippen LogP contribution in [0.5, 0.6) is 0 Å². The molecule has 1 heterocycles. The predicted molar refractivity (Wildman–Crippen MR) is 98.8 cm³/mol. The van der Waals surface area contributed by atoms with E-state index in [4.69, 9.17) is 0 Å². The Morgan fingerprint density at radius 3 is 2.50 bits per heavy atom. The van der Waals surface area contributed by atoms with Crippen LogP contribution in [0.25, 0.3) is 5.69 Å². The summed E-state index contributed by atoms with van der Waals surface area (Å²) in [5, 5.41) is 7.50. The highest BCUT2D eigenvalue weighted by atomic mass is 32.2. The number of hydrogen-bond acceptors (Lipinski definition) is 3. The molecular weight excluding hydrogens is 318 g/mol. The molecule has 0 saturated carbocycles. The first kappa shape index (κ1) is 16.3. The number of carbonyl (C=O) groups is 1. The molecule has 4 nitrogen and oxygen atoms in total. The van der Waals surface area contributed by atoms with Crippen molar-refractivity contribution in [3.63, 3.8) is 0 Å². The van der Waals surface area contributed by atoms with E-state index in [1.165, 1.54) is 11.8 Å². The molecule has 0 saturated heterocycles. The highest BCUT2D eigenvalue weighted by molar-refractivity contribution is 8.00. The van der Waals surface area contributed by atoms with Gasteiger partial charge in [0.15, 0.2) is 0 Å². The fourth-order valence-electron chi connectivity index (χ4n) is 2.49. The van der Waals surface area contributed by atoms with Crippen LogP contribution in [0.2, 0.25) is 0 Å². The minimum Gasteiger partial charge on any atom is -0.323 e. The van der Waals surface area contributed by atoms with E-state index in [1.807, 2.05) is 79.2 Å². The van der Waals surface area contributed by atoms with E-state index in [0.717, 1.165) is 27.7 Å². The van der Waals surface area contributed by atoms with E-state index in [2.05, 4.69) is 10.4 Å². The van der Waals surface area contributed by atoms with Gasteiger partial charge in [-0.15, -0.1) is 11.8 Å². The number of hydrogen-bond donors (Lipinski definition) is 1. The summed E-state index contributed by atoms with van der Waals surface area (Å²) in [6, 6.07) is 19.6. The zero-order chi connectivity index (χ0) is 16.9. The lowest BCUT2D eigenvalue weighted by molar-refractivity contribution is -0.113. The van der Waals surface area contributed by atoms with Crippen LogP contribution >= 0.6 is 11.8 Å². The molecule has 0 fully saturated rings. The number of aryl methyl sites for hydroxylation is 2. The van der Waals surface area contributed by atoms with E-state index in [9.17, 15) is 4.79 Å². The Bertz CT molecular complexity index is 843. The third-order valence-corrected chi connectivity index (χ3v) is 4.54. The average Bonchev–Trinajstić information content (AvgIpc) is 2.93. The Hall–Kier alpha value is -2.53. The number of anilines is 1. The summed E-state index contributed by atoms with van der Waals surface area (Å²) in [4.78, 5) is 13.4. The maximum Gasteiger partial charge on any atom is 0.234 e. The van der Waals surface area contributed by atoms with Gasteiger partial charge in [-0.3, -0.25) is 4.79 Å². The second kappa shape index (κ2) is 7.36. The highest BCUT2D eigenvalue weighted by Gasteiger charge is 2.11. The minimum atomic E-state index is -0.0298. The predicted octanol–water partition coefficient (Wildman–Crippen LogP) is 4.22. The number of thioether (sulfide) groups is 1. The first-order valence-electron chi connectivity index (χ1n) is 7.74. The molecule has 0 aliphatic heterocycles. The number of nitrogens with one attached hydrogen (secondary N) is 1. The monoisotopic (exact) mass is 337 g/mol. The Morgan fingerprint density at radius 2 is 1.79 bits per heavy atom. The second-order valence-corrected chi connectivity index (χ2v) is 6.55. The smallest absolute Gasteiger partial charge is 0.234 e. The number of nitrogens with zero attached hydrogens (tertiary/aromatic N) is 2. The van der Waals surface area contributed by atoms with Gasteiger partial charge < -0.3 is 5.32 Å². The standard InChI is InChI=1S/C19H19N3OS/c1-14-12-15(2)22(21-14)18-11-7-6-10-17(18)20-19(23)13-24-16-8-4-3-5-9-16/h3-12H,13H2,1-2H3,(H,20,23). The molecule has 0 unspecified atom stereocenters. The van der Waals surface area contributed by atoms with Crippen molar-refractivity contribution in [3.05, 3.63) is 72.1 Å². The van der Waals surface area contributed by atoms with Crippen molar-refractivity contribution in [2.24, 2.45) is 0 Å². The van der Waals surface area contributed by atoms with Gasteiger partial charge in [0, 0.05) is 10.6 Å². The second-order valence-electron chi connectivity index (χ2n) is 5.51.